The number of rotatable bonds is 5. The van der Waals surface area contributed by atoms with Crippen molar-refractivity contribution < 1.29 is 18.0 Å². The van der Waals surface area contributed by atoms with Gasteiger partial charge in [-0.1, -0.05) is 43.7 Å². The molecule has 2 N–H and O–H groups in total. The van der Waals surface area contributed by atoms with Crippen molar-refractivity contribution in [2.24, 2.45) is 5.92 Å². The van der Waals surface area contributed by atoms with Gasteiger partial charge in [0.15, 0.2) is 0 Å². The lowest BCUT2D eigenvalue weighted by Gasteiger charge is -2.44. The highest BCUT2D eigenvalue weighted by Gasteiger charge is 2.44. The normalized spacial score (nSPS) is 28.2. The number of benzene rings is 1. The highest BCUT2D eigenvalue weighted by Crippen LogP contribution is 2.30. The Kier molecular flexibility index (Phi) is 6.36. The summed E-state index contributed by atoms with van der Waals surface area (Å²) in [6.07, 6.45) is 7.36. The maximum absolute atomic E-state index is 13.0. The maximum atomic E-state index is 13.0. The van der Waals surface area contributed by atoms with E-state index in [-0.39, 0.29) is 23.1 Å². The number of sulfonamides is 1. The van der Waals surface area contributed by atoms with E-state index in [0.29, 0.717) is 30.3 Å². The molecule has 2 aliphatic heterocycles. The van der Waals surface area contributed by atoms with Crippen molar-refractivity contribution in [2.75, 3.05) is 6.54 Å². The van der Waals surface area contributed by atoms with E-state index in [4.69, 9.17) is 11.6 Å². The van der Waals surface area contributed by atoms with Gasteiger partial charge in [-0.25, -0.2) is 13.1 Å². The molecule has 3 aliphatic rings. The summed E-state index contributed by atoms with van der Waals surface area (Å²) >= 11 is 5.84. The van der Waals surface area contributed by atoms with Gasteiger partial charge in [0.2, 0.25) is 21.8 Å². The molecular weight excluding hydrogens is 426 g/mol. The Morgan fingerprint density at radius 1 is 1.07 bits per heavy atom. The molecule has 9 heteroatoms. The van der Waals surface area contributed by atoms with Gasteiger partial charge in [0.05, 0.1) is 4.90 Å². The van der Waals surface area contributed by atoms with Crippen LogP contribution in [-0.2, 0) is 19.6 Å². The second kappa shape index (κ2) is 8.85. The van der Waals surface area contributed by atoms with Gasteiger partial charge in [0, 0.05) is 17.6 Å². The first-order chi connectivity index (χ1) is 14.3. The third-order valence-corrected chi connectivity index (χ3v) is 8.33. The van der Waals surface area contributed by atoms with Crippen molar-refractivity contribution in [2.45, 2.75) is 74.4 Å². The molecule has 0 radical (unpaired) electrons. The Hall–Kier alpha value is -1.64. The van der Waals surface area contributed by atoms with E-state index in [1.165, 1.54) is 43.5 Å². The van der Waals surface area contributed by atoms with Gasteiger partial charge in [-0.05, 0) is 49.4 Å². The molecule has 1 aromatic carbocycles. The Morgan fingerprint density at radius 2 is 1.77 bits per heavy atom. The van der Waals surface area contributed by atoms with Crippen LogP contribution in [0.15, 0.2) is 29.2 Å². The molecule has 1 aliphatic carbocycles. The zero-order valence-corrected chi connectivity index (χ0v) is 18.4. The van der Waals surface area contributed by atoms with E-state index in [1.807, 2.05) is 0 Å². The zero-order chi connectivity index (χ0) is 21.3. The van der Waals surface area contributed by atoms with Crippen molar-refractivity contribution in [3.63, 3.8) is 0 Å². The van der Waals surface area contributed by atoms with Crippen LogP contribution in [0.5, 0.6) is 0 Å². The number of hydrogen-bond donors (Lipinski definition) is 2. The fraction of sp³-hybridized carbons (Fsp3) is 0.619. The van der Waals surface area contributed by atoms with Gasteiger partial charge in [-0.3, -0.25) is 9.59 Å². The van der Waals surface area contributed by atoms with Gasteiger partial charge in [-0.15, -0.1) is 0 Å². The molecule has 4 rings (SSSR count). The average molecular weight is 454 g/mol. The Balaban J connectivity index is 1.39. The summed E-state index contributed by atoms with van der Waals surface area (Å²) in [5, 5.41) is 3.37. The smallest absolute Gasteiger partial charge is 0.245 e. The topological polar surface area (TPSA) is 95.6 Å². The number of halogens is 1. The molecule has 1 saturated carbocycles. The average Bonchev–Trinajstić information content (AvgIpc) is 2.72. The van der Waals surface area contributed by atoms with Crippen molar-refractivity contribution in [3.05, 3.63) is 29.3 Å². The minimum Gasteiger partial charge on any atom is -0.342 e. The third-order valence-electron chi connectivity index (χ3n) is 6.54. The lowest BCUT2D eigenvalue weighted by Crippen LogP contribution is -2.67. The van der Waals surface area contributed by atoms with Crippen LogP contribution in [0.25, 0.3) is 0 Å². The van der Waals surface area contributed by atoms with Crippen molar-refractivity contribution in [1.82, 2.24) is 14.9 Å². The largest absolute Gasteiger partial charge is 0.342 e. The van der Waals surface area contributed by atoms with Crippen LogP contribution < -0.4 is 10.0 Å². The van der Waals surface area contributed by atoms with Crippen molar-refractivity contribution in [3.8, 4) is 0 Å². The third kappa shape index (κ3) is 4.65. The Morgan fingerprint density at radius 3 is 2.47 bits per heavy atom. The van der Waals surface area contributed by atoms with E-state index >= 15 is 0 Å². The molecule has 3 fully saturated rings. The monoisotopic (exact) mass is 453 g/mol. The molecule has 30 heavy (non-hydrogen) atoms. The molecule has 164 valence electrons. The number of carbonyl (C=O) groups is 2. The number of amides is 2. The standard InChI is InChI=1S/C21H28ClN3O4S/c22-15-6-8-17(9-7-15)30(28,29)24-16-10-11-25-19(13-16)20(26)23-18(21(25)27)12-14-4-2-1-3-5-14/h6-9,14,16,18-19,24H,1-5,10-13H2,(H,23,26). The zero-order valence-electron chi connectivity index (χ0n) is 16.8. The number of hydrogen-bond acceptors (Lipinski definition) is 4. The molecule has 2 saturated heterocycles. The fourth-order valence-corrected chi connectivity index (χ4v) is 6.34. The van der Waals surface area contributed by atoms with E-state index in [2.05, 4.69) is 10.0 Å². The van der Waals surface area contributed by atoms with Crippen LogP contribution in [0.3, 0.4) is 0 Å². The molecule has 2 heterocycles. The van der Waals surface area contributed by atoms with Gasteiger partial charge < -0.3 is 10.2 Å². The van der Waals surface area contributed by atoms with E-state index < -0.39 is 28.1 Å². The second-order valence-corrected chi connectivity index (χ2v) is 10.8. The molecule has 0 aromatic heterocycles. The van der Waals surface area contributed by atoms with Crippen LogP contribution in [0.1, 0.15) is 51.4 Å². The van der Waals surface area contributed by atoms with E-state index in [1.54, 1.807) is 4.90 Å². The number of nitrogens with zero attached hydrogens (tertiary/aromatic N) is 1. The first kappa shape index (κ1) is 21.6. The van der Waals surface area contributed by atoms with Crippen LogP contribution in [-0.4, -0.2) is 49.8 Å². The van der Waals surface area contributed by atoms with Crippen molar-refractivity contribution >= 4 is 33.4 Å². The highest BCUT2D eigenvalue weighted by atomic mass is 35.5. The minimum absolute atomic E-state index is 0.0239. The first-order valence-electron chi connectivity index (χ1n) is 10.7. The molecule has 0 spiro atoms. The van der Waals surface area contributed by atoms with Gasteiger partial charge in [-0.2, -0.15) is 0 Å². The highest BCUT2D eigenvalue weighted by molar-refractivity contribution is 7.89. The summed E-state index contributed by atoms with van der Waals surface area (Å²) in [4.78, 5) is 27.5. The first-order valence-corrected chi connectivity index (χ1v) is 12.6. The molecule has 7 nitrogen and oxygen atoms in total. The Labute approximate surface area is 182 Å². The quantitative estimate of drug-likeness (QED) is 0.715. The fourth-order valence-electron chi connectivity index (χ4n) is 4.93. The maximum Gasteiger partial charge on any atom is 0.245 e. The number of fused-ring (bicyclic) bond motifs is 1. The molecular formula is C21H28ClN3O4S. The number of nitrogens with one attached hydrogen (secondary N) is 2. The summed E-state index contributed by atoms with van der Waals surface area (Å²) in [5.74, 6) is 0.295. The second-order valence-electron chi connectivity index (χ2n) is 8.64. The summed E-state index contributed by atoms with van der Waals surface area (Å²) in [6.45, 7) is 0.381. The van der Waals surface area contributed by atoms with Gasteiger partial charge in [0.1, 0.15) is 12.1 Å². The van der Waals surface area contributed by atoms with E-state index in [9.17, 15) is 18.0 Å². The van der Waals surface area contributed by atoms with Gasteiger partial charge in [0.25, 0.3) is 0 Å². The summed E-state index contributed by atoms with van der Waals surface area (Å²) in [6, 6.07) is 4.49. The molecule has 0 bridgehead atoms. The van der Waals surface area contributed by atoms with Crippen molar-refractivity contribution in [1.29, 1.82) is 0 Å². The van der Waals surface area contributed by atoms with E-state index in [0.717, 1.165) is 12.8 Å². The number of piperazine rings is 1. The summed E-state index contributed by atoms with van der Waals surface area (Å²) in [5.41, 5.74) is 0. The molecule has 3 unspecified atom stereocenters. The van der Waals surface area contributed by atoms with Crippen LogP contribution >= 0.6 is 11.6 Å². The molecule has 2 amide bonds. The molecule has 3 atom stereocenters. The van der Waals surface area contributed by atoms with Crippen LogP contribution in [0.4, 0.5) is 0 Å². The summed E-state index contributed by atoms with van der Waals surface area (Å²) < 4.78 is 28.0. The Bertz CT molecular complexity index is 899. The number of piperidine rings is 1. The lowest BCUT2D eigenvalue weighted by atomic mass is 9.83. The lowest BCUT2D eigenvalue weighted by molar-refractivity contribution is -0.152. The van der Waals surface area contributed by atoms with Gasteiger partial charge >= 0.3 is 0 Å². The predicted octanol–water partition coefficient (Wildman–Crippen LogP) is 2.45. The predicted molar refractivity (Wildman–Crippen MR) is 113 cm³/mol. The van der Waals surface area contributed by atoms with Crippen LogP contribution in [0, 0.1) is 5.92 Å². The van der Waals surface area contributed by atoms with Crippen LogP contribution in [0.2, 0.25) is 5.02 Å². The molecule has 1 aromatic rings. The minimum atomic E-state index is -3.72. The SMILES string of the molecule is O=C1NC(CC2CCCCC2)C(=O)N2CCC(NS(=O)(=O)c3ccc(Cl)cc3)CC12. The number of carbonyl (C=O) groups excluding carboxylic acids is 2. The summed E-state index contributed by atoms with van der Waals surface area (Å²) in [7, 11) is -3.72.